The molecule has 0 rings (SSSR count). The fourth-order valence-corrected chi connectivity index (χ4v) is 1.74. The van der Waals surface area contributed by atoms with Crippen LogP contribution in [0, 0.1) is 17.8 Å². The largest absolute Gasteiger partial charge is 0.465 e. The fourth-order valence-electron chi connectivity index (χ4n) is 1.74. The summed E-state index contributed by atoms with van der Waals surface area (Å²) in [4.78, 5) is 11.4. The van der Waals surface area contributed by atoms with Crippen LogP contribution in [0.5, 0.6) is 0 Å². The third kappa shape index (κ3) is 7.69. The molecule has 2 atom stereocenters. The number of hydrogen-bond acceptors (Lipinski definition) is 3. The molecule has 0 bridgehead atoms. The molecule has 0 aliphatic carbocycles. The highest BCUT2D eigenvalue weighted by Crippen LogP contribution is 2.14. The summed E-state index contributed by atoms with van der Waals surface area (Å²) in [5.74, 6) is 1.01. The molecule has 0 fully saturated rings. The standard InChI is InChI=1S/C13H26O3/c1-10(2)8-11(3)6-7-16-13(14)12(4)9-15-5/h10-12H,6-9H2,1-5H3. The molecule has 0 amide bonds. The summed E-state index contributed by atoms with van der Waals surface area (Å²) in [6.07, 6.45) is 2.13. The average Bonchev–Trinajstić information content (AvgIpc) is 2.16. The van der Waals surface area contributed by atoms with E-state index in [1.165, 1.54) is 6.42 Å². The van der Waals surface area contributed by atoms with E-state index in [0.29, 0.717) is 25.0 Å². The number of carbonyl (C=O) groups excluding carboxylic acids is 1. The zero-order valence-electron chi connectivity index (χ0n) is 11.3. The zero-order valence-corrected chi connectivity index (χ0v) is 11.3. The van der Waals surface area contributed by atoms with Crippen molar-refractivity contribution in [2.24, 2.45) is 17.8 Å². The normalized spacial score (nSPS) is 14.9. The maximum Gasteiger partial charge on any atom is 0.310 e. The number of hydrogen-bond donors (Lipinski definition) is 0. The van der Waals surface area contributed by atoms with E-state index in [0.717, 1.165) is 6.42 Å². The Hall–Kier alpha value is -0.570. The first-order valence-corrected chi connectivity index (χ1v) is 6.12. The van der Waals surface area contributed by atoms with E-state index in [-0.39, 0.29) is 11.9 Å². The van der Waals surface area contributed by atoms with Crippen molar-refractivity contribution in [3.8, 4) is 0 Å². The van der Waals surface area contributed by atoms with Crippen LogP contribution in [0.4, 0.5) is 0 Å². The van der Waals surface area contributed by atoms with Crippen LogP contribution in [0.25, 0.3) is 0 Å². The number of carbonyl (C=O) groups is 1. The van der Waals surface area contributed by atoms with Gasteiger partial charge in [-0.25, -0.2) is 0 Å². The zero-order chi connectivity index (χ0) is 12.6. The lowest BCUT2D eigenvalue weighted by Gasteiger charge is -2.15. The highest BCUT2D eigenvalue weighted by Gasteiger charge is 2.14. The second-order valence-corrected chi connectivity index (χ2v) is 5.05. The second kappa shape index (κ2) is 8.57. The van der Waals surface area contributed by atoms with Crippen molar-refractivity contribution in [1.82, 2.24) is 0 Å². The highest BCUT2D eigenvalue weighted by atomic mass is 16.5. The molecule has 0 heterocycles. The topological polar surface area (TPSA) is 35.5 Å². The predicted molar refractivity (Wildman–Crippen MR) is 65.2 cm³/mol. The van der Waals surface area contributed by atoms with Crippen molar-refractivity contribution < 1.29 is 14.3 Å². The summed E-state index contributed by atoms with van der Waals surface area (Å²) in [7, 11) is 1.59. The van der Waals surface area contributed by atoms with Crippen LogP contribution in [0.15, 0.2) is 0 Å². The summed E-state index contributed by atoms with van der Waals surface area (Å²) in [5.41, 5.74) is 0. The average molecular weight is 230 g/mol. The van der Waals surface area contributed by atoms with Crippen LogP contribution < -0.4 is 0 Å². The molecule has 96 valence electrons. The van der Waals surface area contributed by atoms with Gasteiger partial charge < -0.3 is 9.47 Å². The summed E-state index contributed by atoms with van der Waals surface area (Å²) >= 11 is 0. The van der Waals surface area contributed by atoms with Crippen LogP contribution in [0.1, 0.15) is 40.5 Å². The van der Waals surface area contributed by atoms with E-state index in [1.807, 2.05) is 6.92 Å². The van der Waals surface area contributed by atoms with Gasteiger partial charge in [0, 0.05) is 7.11 Å². The van der Waals surface area contributed by atoms with Gasteiger partial charge in [-0.3, -0.25) is 4.79 Å². The first kappa shape index (κ1) is 15.4. The molecule has 3 nitrogen and oxygen atoms in total. The van der Waals surface area contributed by atoms with E-state index < -0.39 is 0 Å². The predicted octanol–water partition coefficient (Wildman–Crippen LogP) is 2.88. The molecule has 0 saturated heterocycles. The number of ether oxygens (including phenoxy) is 2. The minimum Gasteiger partial charge on any atom is -0.465 e. The molecule has 0 aliphatic heterocycles. The molecular formula is C13H26O3. The molecule has 16 heavy (non-hydrogen) atoms. The monoisotopic (exact) mass is 230 g/mol. The van der Waals surface area contributed by atoms with Gasteiger partial charge in [0.1, 0.15) is 0 Å². The maximum atomic E-state index is 11.4. The number of rotatable bonds is 8. The summed E-state index contributed by atoms with van der Waals surface area (Å²) < 4.78 is 10.1. The van der Waals surface area contributed by atoms with Crippen molar-refractivity contribution in [3.05, 3.63) is 0 Å². The lowest BCUT2D eigenvalue weighted by molar-refractivity contribution is -0.149. The smallest absolute Gasteiger partial charge is 0.310 e. The van der Waals surface area contributed by atoms with Gasteiger partial charge in [0.15, 0.2) is 0 Å². The lowest BCUT2D eigenvalue weighted by Crippen LogP contribution is -2.20. The molecule has 3 heteroatoms. The molecule has 0 aliphatic rings. The van der Waals surface area contributed by atoms with Crippen molar-refractivity contribution >= 4 is 5.97 Å². The van der Waals surface area contributed by atoms with Crippen molar-refractivity contribution in [3.63, 3.8) is 0 Å². The molecule has 0 aromatic heterocycles. The SMILES string of the molecule is COCC(C)C(=O)OCCC(C)CC(C)C. The van der Waals surface area contributed by atoms with E-state index in [9.17, 15) is 4.79 Å². The van der Waals surface area contributed by atoms with Crippen LogP contribution in [0.3, 0.4) is 0 Å². The van der Waals surface area contributed by atoms with Gasteiger partial charge in [-0.2, -0.15) is 0 Å². The number of methoxy groups -OCH3 is 1. The maximum absolute atomic E-state index is 11.4. The summed E-state index contributed by atoms with van der Waals surface area (Å²) in [6, 6.07) is 0. The Labute approximate surface area is 99.5 Å². The number of esters is 1. The van der Waals surface area contributed by atoms with E-state index >= 15 is 0 Å². The van der Waals surface area contributed by atoms with Gasteiger partial charge in [0.25, 0.3) is 0 Å². The third-order valence-electron chi connectivity index (χ3n) is 2.55. The van der Waals surface area contributed by atoms with Crippen LogP contribution in [-0.4, -0.2) is 26.3 Å². The minimum absolute atomic E-state index is 0.154. The molecule has 2 unspecified atom stereocenters. The molecule has 0 aromatic rings. The quantitative estimate of drug-likeness (QED) is 0.601. The van der Waals surface area contributed by atoms with Gasteiger partial charge >= 0.3 is 5.97 Å². The minimum atomic E-state index is -0.162. The summed E-state index contributed by atoms with van der Waals surface area (Å²) in [6.45, 7) is 9.41. The summed E-state index contributed by atoms with van der Waals surface area (Å²) in [5, 5.41) is 0. The Morgan fingerprint density at radius 3 is 2.31 bits per heavy atom. The van der Waals surface area contributed by atoms with Crippen molar-refractivity contribution in [1.29, 1.82) is 0 Å². The first-order valence-electron chi connectivity index (χ1n) is 6.12. The highest BCUT2D eigenvalue weighted by molar-refractivity contribution is 5.72. The molecule has 0 spiro atoms. The Balaban J connectivity index is 3.61. The molecule has 0 saturated carbocycles. The third-order valence-corrected chi connectivity index (χ3v) is 2.55. The Morgan fingerprint density at radius 1 is 1.19 bits per heavy atom. The first-order chi connectivity index (χ1) is 7.47. The molecular weight excluding hydrogens is 204 g/mol. The van der Waals surface area contributed by atoms with Crippen LogP contribution >= 0.6 is 0 Å². The Kier molecular flexibility index (Phi) is 8.26. The van der Waals surface area contributed by atoms with Crippen LogP contribution in [0.2, 0.25) is 0 Å². The molecule has 0 radical (unpaired) electrons. The Bertz CT molecular complexity index is 190. The van der Waals surface area contributed by atoms with Crippen LogP contribution in [-0.2, 0) is 14.3 Å². The van der Waals surface area contributed by atoms with E-state index in [1.54, 1.807) is 7.11 Å². The Morgan fingerprint density at radius 2 is 1.81 bits per heavy atom. The second-order valence-electron chi connectivity index (χ2n) is 5.05. The van der Waals surface area contributed by atoms with Gasteiger partial charge in [-0.1, -0.05) is 20.8 Å². The van der Waals surface area contributed by atoms with Crippen molar-refractivity contribution in [2.75, 3.05) is 20.3 Å². The molecule has 0 N–H and O–H groups in total. The van der Waals surface area contributed by atoms with Gasteiger partial charge in [-0.15, -0.1) is 0 Å². The van der Waals surface area contributed by atoms with Crippen molar-refractivity contribution in [2.45, 2.75) is 40.5 Å². The van der Waals surface area contributed by atoms with Gasteiger partial charge in [0.2, 0.25) is 0 Å². The fraction of sp³-hybridized carbons (Fsp3) is 0.923. The van der Waals surface area contributed by atoms with Gasteiger partial charge in [-0.05, 0) is 31.6 Å². The van der Waals surface area contributed by atoms with Gasteiger partial charge in [0.05, 0.1) is 19.1 Å². The molecule has 0 aromatic carbocycles. The lowest BCUT2D eigenvalue weighted by atomic mass is 9.96. The van der Waals surface area contributed by atoms with E-state index in [4.69, 9.17) is 9.47 Å². The van der Waals surface area contributed by atoms with E-state index in [2.05, 4.69) is 20.8 Å².